The third kappa shape index (κ3) is 3.65. The van der Waals surface area contributed by atoms with E-state index in [-0.39, 0.29) is 12.2 Å². The largest absolute Gasteiger partial charge is 0.390 e. The Labute approximate surface area is 87.6 Å². The number of nitrogens with zero attached hydrogens (tertiary/aromatic N) is 1. The Bertz CT molecular complexity index is 319. The van der Waals surface area contributed by atoms with Crippen molar-refractivity contribution in [3.05, 3.63) is 35.4 Å². The summed E-state index contributed by atoms with van der Waals surface area (Å²) in [5, 5.41) is 3.46. The highest BCUT2D eigenvalue weighted by Crippen LogP contribution is 2.12. The van der Waals surface area contributed by atoms with Crippen LogP contribution in [0.2, 0.25) is 0 Å². The van der Waals surface area contributed by atoms with E-state index < -0.39 is 11.6 Å². The molecule has 0 bridgehead atoms. The summed E-state index contributed by atoms with van der Waals surface area (Å²) in [6, 6.07) is 3.67. The predicted octanol–water partition coefficient (Wildman–Crippen LogP) is 3.14. The fraction of sp³-hybridized carbons (Fsp3) is 0.364. The van der Waals surface area contributed by atoms with Gasteiger partial charge in [0.2, 0.25) is 0 Å². The van der Waals surface area contributed by atoms with E-state index in [0.717, 1.165) is 6.42 Å². The van der Waals surface area contributed by atoms with Crippen LogP contribution in [-0.2, 0) is 11.4 Å². The van der Waals surface area contributed by atoms with E-state index in [2.05, 4.69) is 11.4 Å². The van der Waals surface area contributed by atoms with Crippen LogP contribution in [0.3, 0.4) is 0 Å². The van der Waals surface area contributed by atoms with Gasteiger partial charge in [0.15, 0.2) is 0 Å². The van der Waals surface area contributed by atoms with Crippen LogP contribution in [0.1, 0.15) is 25.3 Å². The second-order valence-electron chi connectivity index (χ2n) is 2.97. The Kier molecular flexibility index (Phi) is 4.74. The SMILES string of the molecule is CCC/[C]=N/OCc1c(F)cccc1F. The van der Waals surface area contributed by atoms with Crippen LogP contribution in [0, 0.1) is 11.6 Å². The average molecular weight is 212 g/mol. The third-order valence-electron chi connectivity index (χ3n) is 1.76. The second-order valence-corrected chi connectivity index (χ2v) is 2.97. The molecule has 0 heterocycles. The molecule has 15 heavy (non-hydrogen) atoms. The van der Waals surface area contributed by atoms with Gasteiger partial charge in [-0.25, -0.2) is 8.78 Å². The molecule has 81 valence electrons. The molecule has 1 aromatic carbocycles. The summed E-state index contributed by atoms with van der Waals surface area (Å²) in [7, 11) is 0. The molecule has 1 aromatic rings. The fourth-order valence-electron chi connectivity index (χ4n) is 0.970. The van der Waals surface area contributed by atoms with Crippen LogP contribution in [0.4, 0.5) is 8.78 Å². The maximum Gasteiger partial charge on any atom is 0.148 e. The molecular weight excluding hydrogens is 200 g/mol. The smallest absolute Gasteiger partial charge is 0.148 e. The van der Waals surface area contributed by atoms with Gasteiger partial charge in [-0.3, -0.25) is 0 Å². The first-order valence-corrected chi connectivity index (χ1v) is 4.73. The van der Waals surface area contributed by atoms with E-state index in [1.807, 2.05) is 6.92 Å². The minimum Gasteiger partial charge on any atom is -0.390 e. The van der Waals surface area contributed by atoms with Crippen molar-refractivity contribution in [2.24, 2.45) is 5.16 Å². The highest BCUT2D eigenvalue weighted by Gasteiger charge is 2.07. The lowest BCUT2D eigenvalue weighted by molar-refractivity contribution is 0.126. The number of hydrogen-bond donors (Lipinski definition) is 0. The van der Waals surface area contributed by atoms with Crippen molar-refractivity contribution >= 4 is 6.21 Å². The number of benzene rings is 1. The molecule has 0 aromatic heterocycles. The average Bonchev–Trinajstić information content (AvgIpc) is 2.21. The van der Waals surface area contributed by atoms with Crippen molar-refractivity contribution in [1.82, 2.24) is 0 Å². The number of rotatable bonds is 5. The Hall–Kier alpha value is -1.45. The van der Waals surface area contributed by atoms with E-state index in [0.29, 0.717) is 6.42 Å². The molecule has 0 saturated carbocycles. The van der Waals surface area contributed by atoms with Crippen molar-refractivity contribution in [1.29, 1.82) is 0 Å². The summed E-state index contributed by atoms with van der Waals surface area (Å²) in [5.41, 5.74) is -0.112. The molecule has 0 aliphatic rings. The Morgan fingerprint density at radius 1 is 1.33 bits per heavy atom. The van der Waals surface area contributed by atoms with Gasteiger partial charge in [0.25, 0.3) is 0 Å². The van der Waals surface area contributed by atoms with Crippen LogP contribution in [0.25, 0.3) is 0 Å². The van der Waals surface area contributed by atoms with Gasteiger partial charge in [0.05, 0.1) is 5.56 Å². The summed E-state index contributed by atoms with van der Waals surface area (Å²) in [6.07, 6.45) is 4.17. The minimum absolute atomic E-state index is 0.112. The monoisotopic (exact) mass is 212 g/mol. The highest BCUT2D eigenvalue weighted by atomic mass is 19.1. The first-order valence-electron chi connectivity index (χ1n) is 4.73. The molecular formula is C11H12F2NO. The van der Waals surface area contributed by atoms with E-state index in [1.54, 1.807) is 0 Å². The third-order valence-corrected chi connectivity index (χ3v) is 1.76. The molecule has 0 spiro atoms. The molecule has 4 heteroatoms. The number of halogens is 2. The molecule has 1 radical (unpaired) electrons. The van der Waals surface area contributed by atoms with Crippen molar-refractivity contribution < 1.29 is 13.6 Å². The van der Waals surface area contributed by atoms with E-state index in [4.69, 9.17) is 4.84 Å². The number of hydrogen-bond acceptors (Lipinski definition) is 2. The van der Waals surface area contributed by atoms with E-state index >= 15 is 0 Å². The molecule has 2 nitrogen and oxygen atoms in total. The summed E-state index contributed by atoms with van der Waals surface area (Å²) in [6.45, 7) is 1.76. The van der Waals surface area contributed by atoms with Crippen LogP contribution in [0.15, 0.2) is 23.4 Å². The van der Waals surface area contributed by atoms with Crippen LogP contribution in [-0.4, -0.2) is 6.21 Å². The zero-order valence-corrected chi connectivity index (χ0v) is 8.46. The summed E-state index contributed by atoms with van der Waals surface area (Å²) < 4.78 is 26.1. The zero-order chi connectivity index (χ0) is 11.1. The molecule has 0 aliphatic heterocycles. The summed E-state index contributed by atoms with van der Waals surface area (Å²) >= 11 is 0. The molecule has 0 unspecified atom stereocenters. The lowest BCUT2D eigenvalue weighted by atomic mass is 10.2. The van der Waals surface area contributed by atoms with Gasteiger partial charge in [0.1, 0.15) is 24.5 Å². The van der Waals surface area contributed by atoms with Crippen molar-refractivity contribution in [3.8, 4) is 0 Å². The predicted molar refractivity (Wildman–Crippen MR) is 53.5 cm³/mol. The Balaban J connectivity index is 2.50. The van der Waals surface area contributed by atoms with Crippen molar-refractivity contribution in [3.63, 3.8) is 0 Å². The maximum absolute atomic E-state index is 13.0. The number of unbranched alkanes of at least 4 members (excludes halogenated alkanes) is 1. The highest BCUT2D eigenvalue weighted by molar-refractivity contribution is 5.55. The topological polar surface area (TPSA) is 21.6 Å². The maximum atomic E-state index is 13.0. The standard InChI is InChI=1S/C11H12F2NO/c1-2-3-7-14-15-8-9-10(12)5-4-6-11(9)13/h4-6H,2-3,8H2,1H3. The van der Waals surface area contributed by atoms with Gasteiger partial charge in [-0.15, -0.1) is 0 Å². The van der Waals surface area contributed by atoms with E-state index in [9.17, 15) is 8.78 Å². The van der Waals surface area contributed by atoms with Gasteiger partial charge in [0, 0.05) is 0 Å². The zero-order valence-electron chi connectivity index (χ0n) is 8.46. The van der Waals surface area contributed by atoms with Gasteiger partial charge in [-0.2, -0.15) is 0 Å². The van der Waals surface area contributed by atoms with E-state index in [1.165, 1.54) is 18.2 Å². The first kappa shape index (κ1) is 11.6. The van der Waals surface area contributed by atoms with Gasteiger partial charge < -0.3 is 4.84 Å². The van der Waals surface area contributed by atoms with Crippen LogP contribution >= 0.6 is 0 Å². The second kappa shape index (κ2) is 6.11. The summed E-state index contributed by atoms with van der Waals surface area (Å²) in [5.74, 6) is -1.25. The summed E-state index contributed by atoms with van der Waals surface area (Å²) in [4.78, 5) is 4.72. The van der Waals surface area contributed by atoms with Gasteiger partial charge >= 0.3 is 0 Å². The van der Waals surface area contributed by atoms with Crippen molar-refractivity contribution in [2.45, 2.75) is 26.4 Å². The lowest BCUT2D eigenvalue weighted by Crippen LogP contribution is -1.96. The van der Waals surface area contributed by atoms with Crippen molar-refractivity contribution in [2.75, 3.05) is 0 Å². The van der Waals surface area contributed by atoms with Crippen LogP contribution in [0.5, 0.6) is 0 Å². The lowest BCUT2D eigenvalue weighted by Gasteiger charge is -2.02. The Morgan fingerprint density at radius 2 is 2.00 bits per heavy atom. The molecule has 0 amide bonds. The molecule has 0 N–H and O–H groups in total. The molecule has 0 fully saturated rings. The Morgan fingerprint density at radius 3 is 2.60 bits per heavy atom. The normalized spacial score (nSPS) is 10.9. The van der Waals surface area contributed by atoms with Gasteiger partial charge in [-0.05, 0) is 18.6 Å². The van der Waals surface area contributed by atoms with Gasteiger partial charge in [-0.1, -0.05) is 24.6 Å². The quantitative estimate of drug-likeness (QED) is 0.542. The molecule has 0 aliphatic carbocycles. The molecule has 1 rings (SSSR count). The molecule has 0 atom stereocenters. The fourth-order valence-corrected chi connectivity index (χ4v) is 0.970. The minimum atomic E-state index is -0.624. The van der Waals surface area contributed by atoms with Crippen LogP contribution < -0.4 is 0 Å². The first-order chi connectivity index (χ1) is 7.25. The molecule has 0 saturated heterocycles.